The molecule has 2 saturated heterocycles. The molecule has 2 fully saturated rings. The number of β-amino-alcohol motifs (C(OH)–C–C–N with tert-alkyl or cyclic N) is 1. The average molecular weight is 649 g/mol. The molecule has 0 saturated carbocycles. The van der Waals surface area contributed by atoms with Crippen LogP contribution in [0.3, 0.4) is 0 Å². The van der Waals surface area contributed by atoms with E-state index in [2.05, 4.69) is 10.3 Å². The van der Waals surface area contributed by atoms with Gasteiger partial charge in [0, 0.05) is 23.5 Å². The fourth-order valence-electron chi connectivity index (χ4n) is 4.81. The molecule has 2 aliphatic rings. The molecule has 3 aromatic rings. The number of aromatic nitrogens is 3. The van der Waals surface area contributed by atoms with Crippen LogP contribution in [0.15, 0.2) is 41.4 Å². The van der Waals surface area contributed by atoms with Crippen LogP contribution in [0.2, 0.25) is 10.0 Å². The summed E-state index contributed by atoms with van der Waals surface area (Å²) in [4.78, 5) is 14.9. The van der Waals surface area contributed by atoms with Crippen molar-refractivity contribution in [3.63, 3.8) is 0 Å². The summed E-state index contributed by atoms with van der Waals surface area (Å²) in [6, 6.07) is 5.23. The van der Waals surface area contributed by atoms with Gasteiger partial charge in [0.25, 0.3) is 0 Å². The van der Waals surface area contributed by atoms with Gasteiger partial charge in [0.05, 0.1) is 29.0 Å². The molecular weight excluding hydrogens is 624 g/mol. The van der Waals surface area contributed by atoms with E-state index < -0.39 is 72.5 Å². The number of halogens is 5. The summed E-state index contributed by atoms with van der Waals surface area (Å²) in [6.07, 6.45) is -2.61. The monoisotopic (exact) mass is 648 g/mol. The molecule has 3 N–H and O–H groups in total. The van der Waals surface area contributed by atoms with Gasteiger partial charge in [-0.25, -0.2) is 17.9 Å². The van der Waals surface area contributed by atoms with Crippen molar-refractivity contribution in [2.75, 3.05) is 26.3 Å². The lowest BCUT2D eigenvalue weighted by atomic mass is 9.97. The van der Waals surface area contributed by atoms with Gasteiger partial charge in [-0.2, -0.15) is 0 Å². The number of likely N-dealkylation sites (tertiary alicyclic amines) is 1. The smallest absolute Gasteiger partial charge is 0.248 e. The summed E-state index contributed by atoms with van der Waals surface area (Å²) < 4.78 is 54.5. The number of hydrogen-bond acceptors (Lipinski definition) is 9. The quantitative estimate of drug-likeness (QED) is 0.316. The fraction of sp³-hybridized carbons (Fsp3) is 0.423. The van der Waals surface area contributed by atoms with Gasteiger partial charge in [-0.3, -0.25) is 4.79 Å². The van der Waals surface area contributed by atoms with Gasteiger partial charge in [-0.1, -0.05) is 40.2 Å². The van der Waals surface area contributed by atoms with E-state index in [0.29, 0.717) is 22.9 Å². The van der Waals surface area contributed by atoms with Crippen molar-refractivity contribution in [1.29, 1.82) is 0 Å². The summed E-state index contributed by atoms with van der Waals surface area (Å²) in [5.41, 5.74) is -1.10. The zero-order valence-corrected chi connectivity index (χ0v) is 23.9. The van der Waals surface area contributed by atoms with E-state index >= 15 is 0 Å². The number of ether oxygens (including phenoxy) is 2. The number of carbonyl (C=O) groups excluding carboxylic acids is 1. The normalized spacial score (nSPS) is 26.1. The first kappa shape index (κ1) is 31.0. The first-order valence-electron chi connectivity index (χ1n) is 12.8. The van der Waals surface area contributed by atoms with Crippen LogP contribution < -0.4 is 0 Å². The Hall–Kier alpha value is -2.43. The largest absolute Gasteiger partial charge is 0.394 e. The lowest BCUT2D eigenvalue weighted by molar-refractivity contribution is -0.195. The number of thioether (sulfide) groups is 1. The molecule has 226 valence electrons. The second-order valence-corrected chi connectivity index (χ2v) is 11.8. The molecule has 10 nitrogen and oxygen atoms in total. The van der Waals surface area contributed by atoms with Crippen molar-refractivity contribution in [2.45, 2.75) is 47.2 Å². The second kappa shape index (κ2) is 13.1. The predicted octanol–water partition coefficient (Wildman–Crippen LogP) is 3.06. The lowest BCUT2D eigenvalue weighted by Gasteiger charge is -2.43. The van der Waals surface area contributed by atoms with Crippen LogP contribution in [-0.4, -0.2) is 97.3 Å². The Balaban J connectivity index is 1.48. The highest BCUT2D eigenvalue weighted by molar-refractivity contribution is 7.99. The Morgan fingerprint density at radius 2 is 1.88 bits per heavy atom. The number of nitrogens with zero attached hydrogens (tertiary/aromatic N) is 4. The molecule has 0 spiro atoms. The number of aliphatic hydroxyl groups excluding tert-OH is 3. The maximum Gasteiger partial charge on any atom is 0.248 e. The van der Waals surface area contributed by atoms with E-state index in [1.54, 1.807) is 18.2 Å². The van der Waals surface area contributed by atoms with Crippen molar-refractivity contribution in [2.24, 2.45) is 0 Å². The highest BCUT2D eigenvalue weighted by Crippen LogP contribution is 2.41. The second-order valence-electron chi connectivity index (χ2n) is 9.80. The van der Waals surface area contributed by atoms with E-state index in [1.165, 1.54) is 15.8 Å². The molecule has 5 rings (SSSR count). The van der Waals surface area contributed by atoms with E-state index in [9.17, 15) is 33.3 Å². The van der Waals surface area contributed by atoms with Crippen LogP contribution in [0.5, 0.6) is 0 Å². The zero-order valence-electron chi connectivity index (χ0n) is 21.6. The van der Waals surface area contributed by atoms with Gasteiger partial charge >= 0.3 is 0 Å². The lowest BCUT2D eigenvalue weighted by Crippen LogP contribution is -2.56. The zero-order chi connectivity index (χ0) is 30.1. The van der Waals surface area contributed by atoms with E-state index in [-0.39, 0.29) is 22.8 Å². The number of benzene rings is 2. The molecule has 16 heteroatoms. The SMILES string of the molecule is O=C(CO[C@@H]1[C@@H](n2cc(-c3cc(F)c(F)c(F)c3)nn2)[C@@H](O)[C@@H](CO)O[C@@H]1Sc1ccc(Cl)c(Cl)c1)N1CC[C@H](O)C1. The fourth-order valence-corrected chi connectivity index (χ4v) is 6.34. The Kier molecular flexibility index (Phi) is 9.64. The first-order valence-corrected chi connectivity index (χ1v) is 14.4. The summed E-state index contributed by atoms with van der Waals surface area (Å²) in [5.74, 6) is -4.88. The molecule has 2 aromatic carbocycles. The van der Waals surface area contributed by atoms with E-state index in [0.717, 1.165) is 23.9 Å². The maximum absolute atomic E-state index is 13.9. The molecular formula is C26H25Cl2F3N4O6S. The Bertz CT molecular complexity index is 1430. The highest BCUT2D eigenvalue weighted by Gasteiger charge is 2.48. The third-order valence-electron chi connectivity index (χ3n) is 6.98. The molecule has 0 radical (unpaired) electrons. The summed E-state index contributed by atoms with van der Waals surface area (Å²) >= 11 is 13.4. The van der Waals surface area contributed by atoms with Crippen molar-refractivity contribution >= 4 is 40.9 Å². The third kappa shape index (κ3) is 6.55. The maximum atomic E-state index is 13.9. The first-order chi connectivity index (χ1) is 20.0. The molecule has 3 heterocycles. The van der Waals surface area contributed by atoms with Gasteiger partial charge < -0.3 is 29.7 Å². The van der Waals surface area contributed by atoms with Crippen LogP contribution in [0.1, 0.15) is 12.5 Å². The summed E-state index contributed by atoms with van der Waals surface area (Å²) in [7, 11) is 0. The molecule has 1 aromatic heterocycles. The minimum Gasteiger partial charge on any atom is -0.394 e. The standard InChI is InChI=1S/C26H25Cl2F3N4O6S/c27-15-2-1-14(7-16(15)28)42-26-25(40-11-21(38)34-4-3-13(37)8-34)23(24(39)20(10-36)41-26)35-9-19(32-33-35)12-5-17(29)22(31)18(30)6-12/h1-2,5-7,9,13,20,23-26,36-37,39H,3-4,8,10-11H2/t13-,20+,23-,24-,25+,26+/m0/s1. The highest BCUT2D eigenvalue weighted by atomic mass is 35.5. The number of hydrogen-bond donors (Lipinski definition) is 3. The molecule has 0 aliphatic carbocycles. The van der Waals surface area contributed by atoms with Crippen molar-refractivity contribution in [3.8, 4) is 11.3 Å². The van der Waals surface area contributed by atoms with E-state index in [1.807, 2.05) is 0 Å². The molecule has 1 amide bonds. The van der Waals surface area contributed by atoms with Crippen LogP contribution in [0.4, 0.5) is 13.2 Å². The number of rotatable bonds is 8. The van der Waals surface area contributed by atoms with Crippen LogP contribution in [0.25, 0.3) is 11.3 Å². The summed E-state index contributed by atoms with van der Waals surface area (Å²) in [5, 5.41) is 39.6. The predicted molar refractivity (Wildman–Crippen MR) is 145 cm³/mol. The minimum atomic E-state index is -1.64. The topological polar surface area (TPSA) is 130 Å². The molecule has 42 heavy (non-hydrogen) atoms. The van der Waals surface area contributed by atoms with Crippen LogP contribution in [0, 0.1) is 17.5 Å². The van der Waals surface area contributed by atoms with Gasteiger partial charge in [-0.15, -0.1) is 5.10 Å². The Morgan fingerprint density at radius 1 is 1.14 bits per heavy atom. The minimum absolute atomic E-state index is 0.0402. The van der Waals surface area contributed by atoms with Crippen LogP contribution in [-0.2, 0) is 14.3 Å². The molecule has 0 unspecified atom stereocenters. The molecule has 2 aliphatic heterocycles. The summed E-state index contributed by atoms with van der Waals surface area (Å²) in [6.45, 7) is -0.534. The molecule has 0 bridgehead atoms. The Labute approximate surface area is 251 Å². The number of aliphatic hydroxyl groups is 3. The number of carbonyl (C=O) groups is 1. The number of amides is 1. The average Bonchev–Trinajstić information content (AvgIpc) is 3.62. The Morgan fingerprint density at radius 3 is 2.52 bits per heavy atom. The van der Waals surface area contributed by atoms with Crippen molar-refractivity contribution in [1.82, 2.24) is 19.9 Å². The van der Waals surface area contributed by atoms with Gasteiger partial charge in [-0.05, 0) is 36.8 Å². The van der Waals surface area contributed by atoms with Gasteiger partial charge in [0.15, 0.2) is 17.5 Å². The van der Waals surface area contributed by atoms with Crippen LogP contribution >= 0.6 is 35.0 Å². The van der Waals surface area contributed by atoms with Gasteiger partial charge in [0.2, 0.25) is 5.91 Å². The van der Waals surface area contributed by atoms with Crippen molar-refractivity contribution in [3.05, 3.63) is 64.0 Å². The van der Waals surface area contributed by atoms with Crippen molar-refractivity contribution < 1.29 is 42.8 Å². The van der Waals surface area contributed by atoms with E-state index in [4.69, 9.17) is 32.7 Å². The molecule has 6 atom stereocenters. The third-order valence-corrected chi connectivity index (χ3v) is 8.86. The van der Waals surface area contributed by atoms with Gasteiger partial charge in [0.1, 0.15) is 42.1 Å².